The summed E-state index contributed by atoms with van der Waals surface area (Å²) in [5.41, 5.74) is 1.59. The number of carbonyl (C=O) groups is 2. The minimum Gasteiger partial charge on any atom is -0.478 e. The van der Waals surface area contributed by atoms with Crippen LogP contribution in [0.5, 0.6) is 0 Å². The molecular weight excluding hydrogens is 402 g/mol. The molecule has 1 amide bonds. The molecule has 6 heteroatoms. The molecule has 2 rings (SSSR count). The van der Waals surface area contributed by atoms with Crippen molar-refractivity contribution in [1.82, 2.24) is 0 Å². The van der Waals surface area contributed by atoms with E-state index in [0.29, 0.717) is 10.0 Å². The van der Waals surface area contributed by atoms with Crippen LogP contribution in [-0.4, -0.2) is 17.0 Å². The number of amides is 1. The standard InChI is InChI=1S/C15H11Br2NO3/c1-8-6-9(16)2-4-11(8)14(19)18-13-7-10(17)3-5-12(13)15(20)21/h2-7H,1H3,(H,18,19)(H,20,21). The van der Waals surface area contributed by atoms with Gasteiger partial charge in [0.05, 0.1) is 11.3 Å². The first kappa shape index (κ1) is 15.7. The third kappa shape index (κ3) is 3.71. The van der Waals surface area contributed by atoms with Crippen LogP contribution < -0.4 is 5.32 Å². The van der Waals surface area contributed by atoms with E-state index >= 15 is 0 Å². The monoisotopic (exact) mass is 411 g/mol. The Kier molecular flexibility index (Phi) is 4.80. The predicted molar refractivity (Wildman–Crippen MR) is 87.9 cm³/mol. The van der Waals surface area contributed by atoms with Gasteiger partial charge in [-0.3, -0.25) is 4.79 Å². The van der Waals surface area contributed by atoms with E-state index in [1.165, 1.54) is 6.07 Å². The number of carboxylic acid groups (broad SMARTS) is 1. The lowest BCUT2D eigenvalue weighted by Gasteiger charge is -2.11. The third-order valence-corrected chi connectivity index (χ3v) is 3.88. The van der Waals surface area contributed by atoms with Gasteiger partial charge in [0.25, 0.3) is 5.91 Å². The summed E-state index contributed by atoms with van der Waals surface area (Å²) < 4.78 is 1.57. The topological polar surface area (TPSA) is 66.4 Å². The lowest BCUT2D eigenvalue weighted by molar-refractivity contribution is 0.0698. The first-order valence-electron chi connectivity index (χ1n) is 5.99. The Balaban J connectivity index is 2.35. The summed E-state index contributed by atoms with van der Waals surface area (Å²) in [6.45, 7) is 1.82. The number of hydrogen-bond donors (Lipinski definition) is 2. The van der Waals surface area contributed by atoms with Crippen LogP contribution in [0.25, 0.3) is 0 Å². The molecule has 0 saturated carbocycles. The zero-order valence-electron chi connectivity index (χ0n) is 11.0. The number of halogens is 2. The smallest absolute Gasteiger partial charge is 0.337 e. The quantitative estimate of drug-likeness (QED) is 0.781. The second-order valence-corrected chi connectivity index (χ2v) is 6.24. The van der Waals surface area contributed by atoms with E-state index in [0.717, 1.165) is 10.0 Å². The second-order valence-electron chi connectivity index (χ2n) is 4.41. The van der Waals surface area contributed by atoms with E-state index in [1.807, 2.05) is 13.0 Å². The molecular formula is C15H11Br2NO3. The van der Waals surface area contributed by atoms with Crippen LogP contribution in [0.2, 0.25) is 0 Å². The Bertz CT molecular complexity index is 729. The van der Waals surface area contributed by atoms with Crippen LogP contribution in [0, 0.1) is 6.92 Å². The van der Waals surface area contributed by atoms with Crippen LogP contribution in [0.4, 0.5) is 5.69 Å². The number of nitrogens with one attached hydrogen (secondary N) is 1. The molecule has 0 aromatic heterocycles. The normalized spacial score (nSPS) is 10.2. The van der Waals surface area contributed by atoms with Crippen molar-refractivity contribution in [3.8, 4) is 0 Å². The minimum absolute atomic E-state index is 0.0429. The Morgan fingerprint density at radius 1 is 1.00 bits per heavy atom. The van der Waals surface area contributed by atoms with Gasteiger partial charge in [-0.05, 0) is 48.9 Å². The van der Waals surface area contributed by atoms with Gasteiger partial charge in [0, 0.05) is 14.5 Å². The van der Waals surface area contributed by atoms with Crippen molar-refractivity contribution < 1.29 is 14.7 Å². The highest BCUT2D eigenvalue weighted by Gasteiger charge is 2.15. The van der Waals surface area contributed by atoms with Crippen molar-refractivity contribution in [2.24, 2.45) is 0 Å². The minimum atomic E-state index is -1.09. The average Bonchev–Trinajstić information content (AvgIpc) is 2.37. The van der Waals surface area contributed by atoms with Crippen LogP contribution in [-0.2, 0) is 0 Å². The maximum absolute atomic E-state index is 12.3. The van der Waals surface area contributed by atoms with Gasteiger partial charge in [0.2, 0.25) is 0 Å². The number of anilines is 1. The highest BCUT2D eigenvalue weighted by molar-refractivity contribution is 9.10. The molecule has 2 N–H and O–H groups in total. The summed E-state index contributed by atoms with van der Waals surface area (Å²) in [5.74, 6) is -1.44. The summed E-state index contributed by atoms with van der Waals surface area (Å²) in [5, 5.41) is 11.8. The summed E-state index contributed by atoms with van der Waals surface area (Å²) >= 11 is 6.60. The molecule has 2 aromatic rings. The number of aromatic carboxylic acids is 1. The van der Waals surface area contributed by atoms with Crippen LogP contribution in [0.3, 0.4) is 0 Å². The van der Waals surface area contributed by atoms with Crippen molar-refractivity contribution >= 4 is 49.4 Å². The van der Waals surface area contributed by atoms with Crippen LogP contribution in [0.15, 0.2) is 45.3 Å². The molecule has 0 radical (unpaired) electrons. The van der Waals surface area contributed by atoms with Crippen molar-refractivity contribution in [3.63, 3.8) is 0 Å². The molecule has 0 unspecified atom stereocenters. The van der Waals surface area contributed by atoms with E-state index in [4.69, 9.17) is 5.11 Å². The van der Waals surface area contributed by atoms with E-state index in [-0.39, 0.29) is 17.2 Å². The van der Waals surface area contributed by atoms with Gasteiger partial charge in [0.15, 0.2) is 0 Å². The van der Waals surface area contributed by atoms with Gasteiger partial charge in [-0.1, -0.05) is 31.9 Å². The Morgan fingerprint density at radius 2 is 1.57 bits per heavy atom. The molecule has 108 valence electrons. The first-order valence-corrected chi connectivity index (χ1v) is 7.57. The zero-order chi connectivity index (χ0) is 15.6. The Morgan fingerprint density at radius 3 is 2.14 bits per heavy atom. The average molecular weight is 413 g/mol. The van der Waals surface area contributed by atoms with Crippen molar-refractivity contribution in [3.05, 3.63) is 62.0 Å². The van der Waals surface area contributed by atoms with E-state index in [2.05, 4.69) is 37.2 Å². The Labute approximate surface area is 138 Å². The third-order valence-electron chi connectivity index (χ3n) is 2.89. The lowest BCUT2D eigenvalue weighted by atomic mass is 10.1. The molecule has 21 heavy (non-hydrogen) atoms. The molecule has 0 atom stereocenters. The zero-order valence-corrected chi connectivity index (χ0v) is 14.2. The first-order chi connectivity index (χ1) is 9.88. The lowest BCUT2D eigenvalue weighted by Crippen LogP contribution is -2.16. The largest absolute Gasteiger partial charge is 0.478 e. The molecule has 0 fully saturated rings. The van der Waals surface area contributed by atoms with Crippen LogP contribution in [0.1, 0.15) is 26.3 Å². The van der Waals surface area contributed by atoms with Gasteiger partial charge in [-0.25, -0.2) is 4.79 Å². The molecule has 0 spiro atoms. The van der Waals surface area contributed by atoms with Gasteiger partial charge in [-0.2, -0.15) is 0 Å². The van der Waals surface area contributed by atoms with Crippen LogP contribution >= 0.6 is 31.9 Å². The fourth-order valence-corrected chi connectivity index (χ4v) is 2.71. The van der Waals surface area contributed by atoms with Crippen molar-refractivity contribution in [2.75, 3.05) is 5.32 Å². The molecule has 0 bridgehead atoms. The van der Waals surface area contributed by atoms with Gasteiger partial charge in [-0.15, -0.1) is 0 Å². The second kappa shape index (κ2) is 6.41. The van der Waals surface area contributed by atoms with E-state index in [9.17, 15) is 9.59 Å². The summed E-state index contributed by atoms with van der Waals surface area (Å²) in [6, 6.07) is 9.90. The summed E-state index contributed by atoms with van der Waals surface area (Å²) in [4.78, 5) is 23.5. The number of aryl methyl sites for hydroxylation is 1. The SMILES string of the molecule is Cc1cc(Br)ccc1C(=O)Nc1cc(Br)ccc1C(=O)O. The maximum Gasteiger partial charge on any atom is 0.337 e. The van der Waals surface area contributed by atoms with Crippen molar-refractivity contribution in [1.29, 1.82) is 0 Å². The van der Waals surface area contributed by atoms with Gasteiger partial charge < -0.3 is 10.4 Å². The summed E-state index contributed by atoms with van der Waals surface area (Å²) in [7, 11) is 0. The maximum atomic E-state index is 12.3. The number of hydrogen-bond acceptors (Lipinski definition) is 2. The molecule has 4 nitrogen and oxygen atoms in total. The summed E-state index contributed by atoms with van der Waals surface area (Å²) in [6.07, 6.45) is 0. The molecule has 0 heterocycles. The number of benzene rings is 2. The number of rotatable bonds is 3. The molecule has 2 aromatic carbocycles. The fraction of sp³-hybridized carbons (Fsp3) is 0.0667. The van der Waals surface area contributed by atoms with Gasteiger partial charge >= 0.3 is 5.97 Å². The number of carbonyl (C=O) groups excluding carboxylic acids is 1. The van der Waals surface area contributed by atoms with E-state index in [1.54, 1.807) is 24.3 Å². The fourth-order valence-electron chi connectivity index (χ4n) is 1.88. The highest BCUT2D eigenvalue weighted by Crippen LogP contribution is 2.23. The Hall–Kier alpha value is -1.66. The molecule has 0 aliphatic carbocycles. The predicted octanol–water partition coefficient (Wildman–Crippen LogP) is 4.47. The molecule has 0 aliphatic rings. The van der Waals surface area contributed by atoms with Crippen molar-refractivity contribution in [2.45, 2.75) is 6.92 Å². The molecule has 0 saturated heterocycles. The highest BCUT2D eigenvalue weighted by atomic mass is 79.9. The van der Waals surface area contributed by atoms with E-state index < -0.39 is 5.97 Å². The molecule has 0 aliphatic heterocycles. The van der Waals surface area contributed by atoms with Gasteiger partial charge in [0.1, 0.15) is 0 Å². The number of carboxylic acids is 1.